The summed E-state index contributed by atoms with van der Waals surface area (Å²) in [5.74, 6) is 0.653. The van der Waals surface area contributed by atoms with Gasteiger partial charge in [0.15, 0.2) is 0 Å². The lowest BCUT2D eigenvalue weighted by Crippen LogP contribution is -2.39. The van der Waals surface area contributed by atoms with E-state index in [1.54, 1.807) is 6.08 Å². The average molecular weight is 326 g/mol. The van der Waals surface area contributed by atoms with Gasteiger partial charge in [-0.25, -0.2) is 0 Å². The largest absolute Gasteiger partial charge is 0.493 e. The number of benzene rings is 1. The molecule has 0 aliphatic heterocycles. The topological polar surface area (TPSA) is 38.3 Å². The molecule has 104 valence electrons. The molecule has 0 aromatic heterocycles. The summed E-state index contributed by atoms with van der Waals surface area (Å²) in [7, 11) is 0. The number of halogens is 1. The number of carbonyl (C=O) groups is 1. The van der Waals surface area contributed by atoms with Crippen molar-refractivity contribution >= 4 is 27.9 Å². The normalized spacial score (nSPS) is 11.6. The molecule has 0 bridgehead atoms. The van der Waals surface area contributed by atoms with Gasteiger partial charge in [-0.05, 0) is 52.0 Å². The third kappa shape index (κ3) is 5.92. The van der Waals surface area contributed by atoms with Gasteiger partial charge in [-0.2, -0.15) is 0 Å². The van der Waals surface area contributed by atoms with Crippen LogP contribution in [0.4, 0.5) is 0 Å². The van der Waals surface area contributed by atoms with Crippen LogP contribution in [0, 0.1) is 0 Å². The van der Waals surface area contributed by atoms with E-state index in [0.717, 1.165) is 15.8 Å². The molecule has 0 saturated carbocycles. The molecule has 1 amide bonds. The molecule has 0 unspecified atom stereocenters. The molecule has 19 heavy (non-hydrogen) atoms. The third-order valence-corrected chi connectivity index (χ3v) is 2.68. The minimum Gasteiger partial charge on any atom is -0.493 e. The highest BCUT2D eigenvalue weighted by Gasteiger charge is 2.11. The second-order valence-corrected chi connectivity index (χ2v) is 6.10. The van der Waals surface area contributed by atoms with Crippen LogP contribution in [0.2, 0.25) is 0 Å². The van der Waals surface area contributed by atoms with E-state index in [1.807, 2.05) is 45.9 Å². The molecule has 0 atom stereocenters. The lowest BCUT2D eigenvalue weighted by molar-refractivity contribution is -0.117. The van der Waals surface area contributed by atoms with E-state index >= 15 is 0 Å². The minimum absolute atomic E-state index is 0.116. The van der Waals surface area contributed by atoms with Gasteiger partial charge in [-0.1, -0.05) is 15.9 Å². The molecule has 0 fully saturated rings. The molecule has 0 aliphatic carbocycles. The zero-order valence-electron chi connectivity index (χ0n) is 11.8. The van der Waals surface area contributed by atoms with Gasteiger partial charge in [0.1, 0.15) is 5.75 Å². The molecule has 4 heteroatoms. The van der Waals surface area contributed by atoms with Crippen molar-refractivity contribution in [1.29, 1.82) is 0 Å². The van der Waals surface area contributed by atoms with Crippen molar-refractivity contribution in [1.82, 2.24) is 5.32 Å². The van der Waals surface area contributed by atoms with Gasteiger partial charge in [0.25, 0.3) is 0 Å². The molecule has 1 aromatic carbocycles. The van der Waals surface area contributed by atoms with Crippen molar-refractivity contribution < 1.29 is 9.53 Å². The van der Waals surface area contributed by atoms with E-state index in [2.05, 4.69) is 21.2 Å². The number of rotatable bonds is 4. The van der Waals surface area contributed by atoms with Crippen molar-refractivity contribution in [3.8, 4) is 5.75 Å². The molecule has 3 nitrogen and oxygen atoms in total. The molecule has 1 rings (SSSR count). The molecule has 0 radical (unpaired) electrons. The Labute approximate surface area is 123 Å². The van der Waals surface area contributed by atoms with Crippen LogP contribution in [0.1, 0.15) is 33.3 Å². The summed E-state index contributed by atoms with van der Waals surface area (Å²) in [6.45, 7) is 8.37. The van der Waals surface area contributed by atoms with E-state index in [4.69, 9.17) is 4.74 Å². The maximum atomic E-state index is 11.7. The molecule has 0 heterocycles. The van der Waals surface area contributed by atoms with Gasteiger partial charge in [0, 0.05) is 21.7 Å². The minimum atomic E-state index is -0.235. The lowest BCUT2D eigenvalue weighted by Gasteiger charge is -2.19. The first-order valence-electron chi connectivity index (χ1n) is 6.24. The van der Waals surface area contributed by atoms with Gasteiger partial charge in [0.2, 0.25) is 5.91 Å². The summed E-state index contributed by atoms with van der Waals surface area (Å²) < 4.78 is 6.47. The number of hydrogen-bond donors (Lipinski definition) is 1. The van der Waals surface area contributed by atoms with Crippen molar-refractivity contribution in [2.24, 2.45) is 0 Å². The number of hydrogen-bond acceptors (Lipinski definition) is 2. The van der Waals surface area contributed by atoms with E-state index in [1.165, 1.54) is 6.08 Å². The molecule has 1 N–H and O–H groups in total. The van der Waals surface area contributed by atoms with E-state index in [0.29, 0.717) is 6.61 Å². The van der Waals surface area contributed by atoms with Crippen molar-refractivity contribution in [3.63, 3.8) is 0 Å². The van der Waals surface area contributed by atoms with E-state index in [9.17, 15) is 4.79 Å². The van der Waals surface area contributed by atoms with Crippen LogP contribution in [0.25, 0.3) is 6.08 Å². The fourth-order valence-corrected chi connectivity index (χ4v) is 1.89. The Balaban J connectivity index is 2.86. The molecular formula is C15H20BrNO2. The summed E-state index contributed by atoms with van der Waals surface area (Å²) in [6, 6.07) is 5.72. The Morgan fingerprint density at radius 2 is 2.11 bits per heavy atom. The molecule has 0 aliphatic rings. The molecule has 0 saturated heterocycles. The first-order chi connectivity index (χ1) is 8.81. The Morgan fingerprint density at radius 1 is 1.42 bits per heavy atom. The van der Waals surface area contributed by atoms with Gasteiger partial charge in [-0.15, -0.1) is 0 Å². The van der Waals surface area contributed by atoms with Crippen molar-refractivity contribution in [3.05, 3.63) is 34.3 Å². The zero-order valence-corrected chi connectivity index (χ0v) is 13.4. The molecule has 1 aromatic rings. The lowest BCUT2D eigenvalue weighted by atomic mass is 10.1. The number of amides is 1. The summed E-state index contributed by atoms with van der Waals surface area (Å²) in [4.78, 5) is 11.7. The predicted molar refractivity (Wildman–Crippen MR) is 82.2 cm³/mol. The quantitative estimate of drug-likeness (QED) is 0.855. The van der Waals surface area contributed by atoms with Crippen LogP contribution in [0.3, 0.4) is 0 Å². The SMILES string of the molecule is CCOc1ccc(Br)cc1C=CC(=O)NC(C)(C)C. The van der Waals surface area contributed by atoms with Crippen LogP contribution < -0.4 is 10.1 Å². The van der Waals surface area contributed by atoms with Gasteiger partial charge >= 0.3 is 0 Å². The van der Waals surface area contributed by atoms with Crippen LogP contribution in [-0.2, 0) is 4.79 Å². The standard InChI is InChI=1S/C15H20BrNO2/c1-5-19-13-8-7-12(16)10-11(13)6-9-14(18)17-15(2,3)4/h6-10H,5H2,1-4H3,(H,17,18). The highest BCUT2D eigenvalue weighted by molar-refractivity contribution is 9.10. The summed E-state index contributed by atoms with van der Waals surface area (Å²) in [5.41, 5.74) is 0.641. The Hall–Kier alpha value is -1.29. The zero-order chi connectivity index (χ0) is 14.5. The average Bonchev–Trinajstić information content (AvgIpc) is 2.27. The monoisotopic (exact) mass is 325 g/mol. The maximum Gasteiger partial charge on any atom is 0.244 e. The predicted octanol–water partition coefficient (Wildman–Crippen LogP) is 3.78. The summed E-state index contributed by atoms with van der Waals surface area (Å²) in [5, 5.41) is 2.88. The summed E-state index contributed by atoms with van der Waals surface area (Å²) >= 11 is 3.41. The highest BCUT2D eigenvalue weighted by Crippen LogP contribution is 2.24. The van der Waals surface area contributed by atoms with E-state index in [-0.39, 0.29) is 11.4 Å². The Morgan fingerprint density at radius 3 is 2.68 bits per heavy atom. The number of carbonyl (C=O) groups excluding carboxylic acids is 1. The Kier molecular flexibility index (Phi) is 5.60. The van der Waals surface area contributed by atoms with Crippen LogP contribution >= 0.6 is 15.9 Å². The fraction of sp³-hybridized carbons (Fsp3) is 0.400. The highest BCUT2D eigenvalue weighted by atomic mass is 79.9. The van der Waals surface area contributed by atoms with Crippen LogP contribution in [-0.4, -0.2) is 18.1 Å². The van der Waals surface area contributed by atoms with Gasteiger partial charge < -0.3 is 10.1 Å². The number of ether oxygens (including phenoxy) is 1. The number of nitrogens with one attached hydrogen (secondary N) is 1. The molecule has 0 spiro atoms. The second-order valence-electron chi connectivity index (χ2n) is 5.19. The third-order valence-electron chi connectivity index (χ3n) is 2.18. The van der Waals surface area contributed by atoms with Gasteiger partial charge in [0.05, 0.1) is 6.61 Å². The second kappa shape index (κ2) is 6.75. The first kappa shape index (κ1) is 15.8. The summed E-state index contributed by atoms with van der Waals surface area (Å²) in [6.07, 6.45) is 3.28. The Bertz CT molecular complexity index is 476. The van der Waals surface area contributed by atoms with Crippen molar-refractivity contribution in [2.45, 2.75) is 33.2 Å². The smallest absolute Gasteiger partial charge is 0.244 e. The van der Waals surface area contributed by atoms with Crippen LogP contribution in [0.15, 0.2) is 28.7 Å². The van der Waals surface area contributed by atoms with E-state index < -0.39 is 0 Å². The van der Waals surface area contributed by atoms with Crippen molar-refractivity contribution in [2.75, 3.05) is 6.61 Å². The maximum absolute atomic E-state index is 11.7. The van der Waals surface area contributed by atoms with Crippen LogP contribution in [0.5, 0.6) is 5.75 Å². The van der Waals surface area contributed by atoms with Gasteiger partial charge in [-0.3, -0.25) is 4.79 Å². The fourth-order valence-electron chi connectivity index (χ4n) is 1.51. The molecular weight excluding hydrogens is 306 g/mol. The first-order valence-corrected chi connectivity index (χ1v) is 7.03.